The topological polar surface area (TPSA) is 27.7 Å². The van der Waals surface area contributed by atoms with Crippen LogP contribution in [0.4, 0.5) is 0 Å². The maximum absolute atomic E-state index is 5.58. The fraction of sp³-hybridized carbons (Fsp3) is 0.538. The van der Waals surface area contributed by atoms with E-state index < -0.39 is 0 Å². The van der Waals surface area contributed by atoms with Crippen LogP contribution in [-0.2, 0) is 11.2 Å². The summed E-state index contributed by atoms with van der Waals surface area (Å²) in [6, 6.07) is 5.96. The van der Waals surface area contributed by atoms with Gasteiger partial charge in [-0.1, -0.05) is 13.0 Å². The van der Waals surface area contributed by atoms with E-state index >= 15 is 0 Å². The molecule has 0 aromatic heterocycles. The first-order valence-electron chi connectivity index (χ1n) is 5.75. The Morgan fingerprint density at radius 1 is 1.12 bits per heavy atom. The first kappa shape index (κ1) is 14.1. The lowest BCUT2D eigenvalue weighted by Crippen LogP contribution is -2.08. The van der Waals surface area contributed by atoms with Crippen LogP contribution >= 0.6 is 11.6 Å². The summed E-state index contributed by atoms with van der Waals surface area (Å²) in [5.41, 5.74) is 1.23. The molecule has 1 rings (SSSR count). The summed E-state index contributed by atoms with van der Waals surface area (Å²) in [6.07, 6.45) is 0.982. The Morgan fingerprint density at radius 3 is 2.59 bits per heavy atom. The Hall–Kier alpha value is -0.930. The number of alkyl halides is 1. The average Bonchev–Trinajstić information content (AvgIpc) is 2.38. The fourth-order valence-electron chi connectivity index (χ4n) is 1.42. The van der Waals surface area contributed by atoms with Gasteiger partial charge in [0.25, 0.3) is 0 Å². The lowest BCUT2D eigenvalue weighted by Gasteiger charge is -2.11. The van der Waals surface area contributed by atoms with Crippen LogP contribution in [0.3, 0.4) is 0 Å². The van der Waals surface area contributed by atoms with Gasteiger partial charge in [0.05, 0.1) is 20.3 Å². The zero-order chi connectivity index (χ0) is 12.5. The van der Waals surface area contributed by atoms with Gasteiger partial charge in [-0.15, -0.1) is 11.6 Å². The second kappa shape index (κ2) is 8.20. The number of methoxy groups -OCH3 is 1. The number of hydrogen-bond donors (Lipinski definition) is 0. The van der Waals surface area contributed by atoms with Gasteiger partial charge < -0.3 is 14.2 Å². The average molecular weight is 259 g/mol. The highest BCUT2D eigenvalue weighted by Crippen LogP contribution is 2.28. The first-order chi connectivity index (χ1) is 8.31. The molecule has 0 saturated carbocycles. The van der Waals surface area contributed by atoms with Crippen LogP contribution in [-0.4, -0.2) is 32.8 Å². The summed E-state index contributed by atoms with van der Waals surface area (Å²) in [6.45, 7) is 3.69. The van der Waals surface area contributed by atoms with Crippen molar-refractivity contribution in [3.05, 3.63) is 23.8 Å². The smallest absolute Gasteiger partial charge is 0.161 e. The SMILES string of the molecule is CCc1ccc(OCCOCCCl)c(OC)c1. The quantitative estimate of drug-likeness (QED) is 0.530. The molecule has 0 bridgehead atoms. The molecule has 0 unspecified atom stereocenters. The van der Waals surface area contributed by atoms with E-state index in [1.165, 1.54) is 5.56 Å². The molecule has 0 aliphatic rings. The lowest BCUT2D eigenvalue weighted by molar-refractivity contribution is 0.110. The van der Waals surface area contributed by atoms with Crippen LogP contribution in [0.15, 0.2) is 18.2 Å². The predicted octanol–water partition coefficient (Wildman–Crippen LogP) is 2.89. The second-order valence-electron chi connectivity index (χ2n) is 3.49. The first-order valence-corrected chi connectivity index (χ1v) is 6.28. The summed E-state index contributed by atoms with van der Waals surface area (Å²) in [5.74, 6) is 2.02. The number of benzene rings is 1. The van der Waals surface area contributed by atoms with Gasteiger partial charge in [0.15, 0.2) is 11.5 Å². The standard InChI is InChI=1S/C13H19ClO3/c1-3-11-4-5-12(13(10-11)15-2)17-9-8-16-7-6-14/h4-5,10H,3,6-9H2,1-2H3. The molecule has 0 aliphatic heterocycles. The maximum Gasteiger partial charge on any atom is 0.161 e. The Labute approximate surface area is 108 Å². The largest absolute Gasteiger partial charge is 0.493 e. The minimum Gasteiger partial charge on any atom is -0.493 e. The number of hydrogen-bond acceptors (Lipinski definition) is 3. The van der Waals surface area contributed by atoms with Crippen molar-refractivity contribution in [2.24, 2.45) is 0 Å². The minimum absolute atomic E-state index is 0.499. The number of ether oxygens (including phenoxy) is 3. The lowest BCUT2D eigenvalue weighted by atomic mass is 10.1. The fourth-order valence-corrected chi connectivity index (χ4v) is 1.53. The third-order valence-corrected chi connectivity index (χ3v) is 2.50. The molecular formula is C13H19ClO3. The zero-order valence-electron chi connectivity index (χ0n) is 10.4. The monoisotopic (exact) mass is 258 g/mol. The number of halogens is 1. The molecule has 0 N–H and O–H groups in total. The summed E-state index contributed by atoms with van der Waals surface area (Å²) in [7, 11) is 1.64. The van der Waals surface area contributed by atoms with E-state index in [0.29, 0.717) is 25.7 Å². The molecule has 0 saturated heterocycles. The van der Waals surface area contributed by atoms with Gasteiger partial charge in [-0.05, 0) is 24.1 Å². The van der Waals surface area contributed by atoms with Crippen LogP contribution in [0.5, 0.6) is 11.5 Å². The van der Waals surface area contributed by atoms with Gasteiger partial charge in [0, 0.05) is 5.88 Å². The molecule has 1 aromatic carbocycles. The van der Waals surface area contributed by atoms with E-state index in [1.54, 1.807) is 7.11 Å². The molecule has 0 spiro atoms. The van der Waals surface area contributed by atoms with E-state index in [9.17, 15) is 0 Å². The molecule has 4 heteroatoms. The van der Waals surface area contributed by atoms with Crippen molar-refractivity contribution in [2.75, 3.05) is 32.8 Å². The molecule has 3 nitrogen and oxygen atoms in total. The molecular weight excluding hydrogens is 240 g/mol. The van der Waals surface area contributed by atoms with Crippen molar-refractivity contribution in [1.82, 2.24) is 0 Å². The minimum atomic E-state index is 0.499. The Morgan fingerprint density at radius 2 is 1.94 bits per heavy atom. The van der Waals surface area contributed by atoms with Gasteiger partial charge >= 0.3 is 0 Å². The summed E-state index contributed by atoms with van der Waals surface area (Å²) < 4.78 is 16.1. The predicted molar refractivity (Wildman–Crippen MR) is 69.4 cm³/mol. The highest BCUT2D eigenvalue weighted by molar-refractivity contribution is 6.17. The van der Waals surface area contributed by atoms with Crippen molar-refractivity contribution < 1.29 is 14.2 Å². The second-order valence-corrected chi connectivity index (χ2v) is 3.87. The summed E-state index contributed by atoms with van der Waals surface area (Å²) >= 11 is 5.49. The van der Waals surface area contributed by atoms with Crippen molar-refractivity contribution in [1.29, 1.82) is 0 Å². The normalized spacial score (nSPS) is 10.3. The maximum atomic E-state index is 5.58. The Kier molecular flexibility index (Phi) is 6.82. The van der Waals surface area contributed by atoms with Crippen LogP contribution in [0, 0.1) is 0 Å². The van der Waals surface area contributed by atoms with E-state index in [-0.39, 0.29) is 0 Å². The van der Waals surface area contributed by atoms with Crippen LogP contribution in [0.2, 0.25) is 0 Å². The van der Waals surface area contributed by atoms with Crippen molar-refractivity contribution in [2.45, 2.75) is 13.3 Å². The molecule has 0 heterocycles. The van der Waals surface area contributed by atoms with Crippen molar-refractivity contribution in [3.63, 3.8) is 0 Å². The highest BCUT2D eigenvalue weighted by atomic mass is 35.5. The highest BCUT2D eigenvalue weighted by Gasteiger charge is 2.04. The molecule has 17 heavy (non-hydrogen) atoms. The molecule has 0 radical (unpaired) electrons. The van der Waals surface area contributed by atoms with Gasteiger partial charge in [-0.25, -0.2) is 0 Å². The van der Waals surface area contributed by atoms with Gasteiger partial charge in [-0.3, -0.25) is 0 Å². The van der Waals surface area contributed by atoms with Crippen molar-refractivity contribution in [3.8, 4) is 11.5 Å². The van der Waals surface area contributed by atoms with E-state index in [4.69, 9.17) is 25.8 Å². The Balaban J connectivity index is 2.46. The number of aryl methyl sites for hydroxylation is 1. The molecule has 0 amide bonds. The van der Waals surface area contributed by atoms with Crippen molar-refractivity contribution >= 4 is 11.6 Å². The third kappa shape index (κ3) is 4.84. The molecule has 1 aromatic rings. The van der Waals surface area contributed by atoms with Gasteiger partial charge in [0.2, 0.25) is 0 Å². The van der Waals surface area contributed by atoms with E-state index in [2.05, 4.69) is 6.92 Å². The molecule has 96 valence electrons. The van der Waals surface area contributed by atoms with Crippen LogP contribution < -0.4 is 9.47 Å². The third-order valence-electron chi connectivity index (χ3n) is 2.34. The van der Waals surface area contributed by atoms with Crippen LogP contribution in [0.1, 0.15) is 12.5 Å². The van der Waals surface area contributed by atoms with Gasteiger partial charge in [-0.2, -0.15) is 0 Å². The zero-order valence-corrected chi connectivity index (χ0v) is 11.1. The number of rotatable bonds is 8. The van der Waals surface area contributed by atoms with E-state index in [1.807, 2.05) is 18.2 Å². The van der Waals surface area contributed by atoms with E-state index in [0.717, 1.165) is 17.9 Å². The summed E-state index contributed by atoms with van der Waals surface area (Å²) in [5, 5.41) is 0. The van der Waals surface area contributed by atoms with Gasteiger partial charge in [0.1, 0.15) is 6.61 Å². The molecule has 0 aliphatic carbocycles. The molecule has 0 fully saturated rings. The molecule has 0 atom stereocenters. The Bertz CT molecular complexity index is 328. The summed E-state index contributed by atoms with van der Waals surface area (Å²) in [4.78, 5) is 0. The van der Waals surface area contributed by atoms with Crippen LogP contribution in [0.25, 0.3) is 0 Å².